The Labute approximate surface area is 120 Å². The maximum Gasteiger partial charge on any atom is 0.244 e. The first kappa shape index (κ1) is 14.6. The van der Waals surface area contributed by atoms with Crippen molar-refractivity contribution in [2.24, 2.45) is 5.73 Å². The van der Waals surface area contributed by atoms with Crippen molar-refractivity contribution in [3.05, 3.63) is 35.9 Å². The molecule has 0 aliphatic heterocycles. The summed E-state index contributed by atoms with van der Waals surface area (Å²) in [5.74, 6) is 0.770. The van der Waals surface area contributed by atoms with Crippen LogP contribution in [0.1, 0.15) is 31.2 Å². The van der Waals surface area contributed by atoms with Crippen LogP contribution in [0.3, 0.4) is 0 Å². The molecule has 1 saturated carbocycles. The molecule has 2 rings (SSSR count). The summed E-state index contributed by atoms with van der Waals surface area (Å²) in [6, 6.07) is 8.16. The van der Waals surface area contributed by atoms with E-state index in [0.29, 0.717) is 6.04 Å². The van der Waals surface area contributed by atoms with E-state index in [1.54, 1.807) is 13.2 Å². The Hall–Kier alpha value is -1.81. The fourth-order valence-corrected chi connectivity index (χ4v) is 2.40. The zero-order valence-corrected chi connectivity index (χ0v) is 11.8. The van der Waals surface area contributed by atoms with Crippen molar-refractivity contribution in [1.29, 1.82) is 0 Å². The van der Waals surface area contributed by atoms with Gasteiger partial charge in [0.05, 0.1) is 7.11 Å². The van der Waals surface area contributed by atoms with Gasteiger partial charge in [-0.15, -0.1) is 0 Å². The van der Waals surface area contributed by atoms with E-state index >= 15 is 0 Å². The number of benzene rings is 1. The van der Waals surface area contributed by atoms with Crippen molar-refractivity contribution in [2.75, 3.05) is 7.11 Å². The maximum absolute atomic E-state index is 11.8. The zero-order valence-electron chi connectivity index (χ0n) is 11.8. The average molecular weight is 274 g/mol. The van der Waals surface area contributed by atoms with E-state index in [9.17, 15) is 4.79 Å². The topological polar surface area (TPSA) is 64.3 Å². The predicted octanol–water partition coefficient (Wildman–Crippen LogP) is 2.09. The summed E-state index contributed by atoms with van der Waals surface area (Å²) in [5, 5.41) is 3.03. The first-order valence-corrected chi connectivity index (χ1v) is 7.05. The number of nitrogens with two attached hydrogens (primary N) is 1. The van der Waals surface area contributed by atoms with E-state index in [1.807, 2.05) is 30.3 Å². The predicted molar refractivity (Wildman–Crippen MR) is 80.4 cm³/mol. The van der Waals surface area contributed by atoms with Crippen LogP contribution in [0.15, 0.2) is 30.3 Å². The lowest BCUT2D eigenvalue weighted by atomic mass is 9.92. The molecule has 0 bridgehead atoms. The summed E-state index contributed by atoms with van der Waals surface area (Å²) >= 11 is 0. The molecule has 4 heteroatoms. The molecule has 1 aromatic carbocycles. The molecule has 0 aromatic heterocycles. The molecule has 4 nitrogen and oxygen atoms in total. The Morgan fingerprint density at radius 1 is 1.25 bits per heavy atom. The van der Waals surface area contributed by atoms with Crippen LogP contribution >= 0.6 is 0 Å². The molecule has 0 unspecified atom stereocenters. The van der Waals surface area contributed by atoms with Gasteiger partial charge in [0.2, 0.25) is 5.91 Å². The molecule has 0 atom stereocenters. The van der Waals surface area contributed by atoms with Crippen LogP contribution < -0.4 is 15.8 Å². The fraction of sp³-hybridized carbons (Fsp3) is 0.438. The van der Waals surface area contributed by atoms with Gasteiger partial charge < -0.3 is 15.8 Å². The lowest BCUT2D eigenvalue weighted by Crippen LogP contribution is -2.39. The van der Waals surface area contributed by atoms with Gasteiger partial charge in [0.25, 0.3) is 0 Å². The Balaban J connectivity index is 1.82. The number of amides is 1. The van der Waals surface area contributed by atoms with Crippen LogP contribution in [0.5, 0.6) is 5.75 Å². The van der Waals surface area contributed by atoms with Gasteiger partial charge in [0, 0.05) is 18.2 Å². The SMILES string of the molecule is COc1ccc(C=CC(=O)NC2CCC(N)CC2)cc1. The highest BCUT2D eigenvalue weighted by molar-refractivity contribution is 5.91. The molecule has 0 radical (unpaired) electrons. The molecule has 1 fully saturated rings. The van der Waals surface area contributed by atoms with Gasteiger partial charge in [-0.1, -0.05) is 12.1 Å². The molecule has 1 aromatic rings. The van der Waals surface area contributed by atoms with Crippen LogP contribution in [0.25, 0.3) is 6.08 Å². The van der Waals surface area contributed by atoms with E-state index in [2.05, 4.69) is 5.32 Å². The highest BCUT2D eigenvalue weighted by Gasteiger charge is 2.18. The van der Waals surface area contributed by atoms with Crippen molar-refractivity contribution in [2.45, 2.75) is 37.8 Å². The average Bonchev–Trinajstić information content (AvgIpc) is 2.48. The Bertz CT molecular complexity index is 460. The molecule has 3 N–H and O–H groups in total. The molecule has 108 valence electrons. The van der Waals surface area contributed by atoms with Crippen molar-refractivity contribution >= 4 is 12.0 Å². The molecule has 1 aliphatic carbocycles. The number of carbonyl (C=O) groups excluding carboxylic acids is 1. The summed E-state index contributed by atoms with van der Waals surface area (Å²) in [6.45, 7) is 0. The van der Waals surface area contributed by atoms with Crippen LogP contribution in [0.2, 0.25) is 0 Å². The lowest BCUT2D eigenvalue weighted by Gasteiger charge is -2.26. The summed E-state index contributed by atoms with van der Waals surface area (Å²) in [7, 11) is 1.63. The van der Waals surface area contributed by atoms with Crippen molar-refractivity contribution in [3.63, 3.8) is 0 Å². The van der Waals surface area contributed by atoms with E-state index in [1.165, 1.54) is 0 Å². The Morgan fingerprint density at radius 3 is 2.50 bits per heavy atom. The number of ether oxygens (including phenoxy) is 1. The van der Waals surface area contributed by atoms with Crippen molar-refractivity contribution in [1.82, 2.24) is 5.32 Å². The zero-order chi connectivity index (χ0) is 14.4. The van der Waals surface area contributed by atoms with Gasteiger partial charge in [0.1, 0.15) is 5.75 Å². The second kappa shape index (κ2) is 7.10. The van der Waals surface area contributed by atoms with E-state index in [4.69, 9.17) is 10.5 Å². The first-order valence-electron chi connectivity index (χ1n) is 7.05. The molecule has 0 spiro atoms. The summed E-state index contributed by atoms with van der Waals surface area (Å²) in [6.07, 6.45) is 7.33. The molecular formula is C16H22N2O2. The monoisotopic (exact) mass is 274 g/mol. The second-order valence-corrected chi connectivity index (χ2v) is 5.23. The maximum atomic E-state index is 11.8. The van der Waals surface area contributed by atoms with E-state index < -0.39 is 0 Å². The number of methoxy groups -OCH3 is 1. The third kappa shape index (κ3) is 4.38. The standard InChI is InChI=1S/C16H22N2O2/c1-20-15-9-2-12(3-10-15)4-11-16(19)18-14-7-5-13(17)6-8-14/h2-4,9-11,13-14H,5-8,17H2,1H3,(H,18,19). The van der Waals surface area contributed by atoms with Gasteiger partial charge in [-0.05, 0) is 49.5 Å². The van der Waals surface area contributed by atoms with Crippen LogP contribution in [-0.4, -0.2) is 25.1 Å². The van der Waals surface area contributed by atoms with Gasteiger partial charge in [0.15, 0.2) is 0 Å². The van der Waals surface area contributed by atoms with E-state index in [0.717, 1.165) is 37.0 Å². The minimum atomic E-state index is -0.0405. The summed E-state index contributed by atoms with van der Waals surface area (Å²) < 4.78 is 5.09. The molecule has 0 saturated heterocycles. The second-order valence-electron chi connectivity index (χ2n) is 5.23. The van der Waals surface area contributed by atoms with Gasteiger partial charge in [-0.2, -0.15) is 0 Å². The molecule has 1 aliphatic rings. The van der Waals surface area contributed by atoms with Crippen molar-refractivity contribution in [3.8, 4) is 5.75 Å². The van der Waals surface area contributed by atoms with E-state index in [-0.39, 0.29) is 11.9 Å². The molecule has 0 heterocycles. The van der Waals surface area contributed by atoms with Crippen LogP contribution in [-0.2, 0) is 4.79 Å². The lowest BCUT2D eigenvalue weighted by molar-refractivity contribution is -0.117. The third-order valence-corrected chi connectivity index (χ3v) is 3.66. The number of nitrogens with one attached hydrogen (secondary N) is 1. The first-order chi connectivity index (χ1) is 9.67. The molecule has 1 amide bonds. The summed E-state index contributed by atoms with van der Waals surface area (Å²) in [5.41, 5.74) is 6.83. The molecule has 20 heavy (non-hydrogen) atoms. The quantitative estimate of drug-likeness (QED) is 0.826. The molecular weight excluding hydrogens is 252 g/mol. The number of carbonyl (C=O) groups is 1. The number of rotatable bonds is 4. The summed E-state index contributed by atoms with van der Waals surface area (Å²) in [4.78, 5) is 11.8. The normalized spacial score (nSPS) is 22.7. The minimum Gasteiger partial charge on any atom is -0.497 e. The largest absolute Gasteiger partial charge is 0.497 e. The fourth-order valence-electron chi connectivity index (χ4n) is 2.40. The van der Waals surface area contributed by atoms with Gasteiger partial charge in [-0.3, -0.25) is 4.79 Å². The minimum absolute atomic E-state index is 0.0405. The van der Waals surface area contributed by atoms with Crippen LogP contribution in [0, 0.1) is 0 Å². The third-order valence-electron chi connectivity index (χ3n) is 3.66. The highest BCUT2D eigenvalue weighted by atomic mass is 16.5. The van der Waals surface area contributed by atoms with Gasteiger partial charge in [-0.25, -0.2) is 0 Å². The van der Waals surface area contributed by atoms with Gasteiger partial charge >= 0.3 is 0 Å². The Morgan fingerprint density at radius 2 is 1.90 bits per heavy atom. The van der Waals surface area contributed by atoms with Crippen LogP contribution in [0.4, 0.5) is 0 Å². The number of hydrogen-bond donors (Lipinski definition) is 2. The smallest absolute Gasteiger partial charge is 0.244 e. The van der Waals surface area contributed by atoms with Crippen molar-refractivity contribution < 1.29 is 9.53 Å². The highest BCUT2D eigenvalue weighted by Crippen LogP contribution is 2.17. The number of hydrogen-bond acceptors (Lipinski definition) is 3. The Kier molecular flexibility index (Phi) is 5.18.